The molecule has 5 heteroatoms. The number of para-hydroxylation sites is 1. The molecule has 0 radical (unpaired) electrons. The zero-order valence-corrected chi connectivity index (χ0v) is 11.6. The smallest absolute Gasteiger partial charge is 0.242 e. The number of fused-ring (bicyclic) bond motifs is 5. The molecule has 0 aliphatic heterocycles. The van der Waals surface area contributed by atoms with Crippen molar-refractivity contribution in [2.75, 3.05) is 14.2 Å². The number of furan rings is 1. The lowest BCUT2D eigenvalue weighted by molar-refractivity contribution is 0.376. The van der Waals surface area contributed by atoms with Gasteiger partial charge >= 0.3 is 0 Å². The van der Waals surface area contributed by atoms with Gasteiger partial charge in [-0.1, -0.05) is 18.2 Å². The van der Waals surface area contributed by atoms with E-state index in [9.17, 15) is 0 Å². The third kappa shape index (κ3) is 1.57. The number of nitrogens with zero attached hydrogens (tertiary/aromatic N) is 2. The highest BCUT2D eigenvalue weighted by molar-refractivity contribution is 6.20. The summed E-state index contributed by atoms with van der Waals surface area (Å²) in [6.45, 7) is 0. The Kier molecular flexibility index (Phi) is 2.47. The van der Waals surface area contributed by atoms with Crippen LogP contribution in [-0.4, -0.2) is 24.4 Å². The largest absolute Gasteiger partial charge is 0.479 e. The number of ether oxygens (including phenoxy) is 2. The molecule has 4 aromatic rings. The van der Waals surface area contributed by atoms with Crippen LogP contribution in [0.1, 0.15) is 0 Å². The summed E-state index contributed by atoms with van der Waals surface area (Å²) in [6.07, 6.45) is 0. The van der Waals surface area contributed by atoms with Crippen molar-refractivity contribution >= 4 is 32.7 Å². The Bertz CT molecular complexity index is 975. The summed E-state index contributed by atoms with van der Waals surface area (Å²) in [4.78, 5) is 0. The summed E-state index contributed by atoms with van der Waals surface area (Å²) >= 11 is 0. The maximum atomic E-state index is 5.89. The Morgan fingerprint density at radius 3 is 2.33 bits per heavy atom. The van der Waals surface area contributed by atoms with Crippen LogP contribution in [0, 0.1) is 0 Å². The SMILES string of the molecule is COc1nnc(OC)c2c1ccc1oc3ccccc3c12. The van der Waals surface area contributed by atoms with E-state index >= 15 is 0 Å². The average Bonchev–Trinajstić information content (AvgIpc) is 2.92. The molecule has 0 saturated carbocycles. The Labute approximate surface area is 120 Å². The van der Waals surface area contributed by atoms with E-state index in [1.54, 1.807) is 14.2 Å². The number of hydrogen-bond donors (Lipinski definition) is 0. The van der Waals surface area contributed by atoms with Crippen LogP contribution in [0.5, 0.6) is 11.8 Å². The second-order valence-corrected chi connectivity index (χ2v) is 4.68. The first-order valence-corrected chi connectivity index (χ1v) is 6.52. The van der Waals surface area contributed by atoms with E-state index in [4.69, 9.17) is 13.9 Å². The van der Waals surface area contributed by atoms with Crippen molar-refractivity contribution in [1.29, 1.82) is 0 Å². The molecule has 104 valence electrons. The van der Waals surface area contributed by atoms with Gasteiger partial charge in [-0.15, -0.1) is 10.2 Å². The number of aromatic nitrogens is 2. The van der Waals surface area contributed by atoms with Crippen LogP contribution in [0.15, 0.2) is 40.8 Å². The first-order chi connectivity index (χ1) is 10.3. The van der Waals surface area contributed by atoms with E-state index in [0.717, 1.165) is 32.7 Å². The van der Waals surface area contributed by atoms with Gasteiger partial charge in [-0.2, -0.15) is 0 Å². The van der Waals surface area contributed by atoms with Gasteiger partial charge in [-0.05, 0) is 18.2 Å². The van der Waals surface area contributed by atoms with Gasteiger partial charge in [-0.3, -0.25) is 0 Å². The maximum absolute atomic E-state index is 5.89. The van der Waals surface area contributed by atoms with Gasteiger partial charge in [0, 0.05) is 10.8 Å². The first-order valence-electron chi connectivity index (χ1n) is 6.52. The molecule has 0 aliphatic carbocycles. The van der Waals surface area contributed by atoms with Crippen molar-refractivity contribution in [3.63, 3.8) is 0 Å². The van der Waals surface area contributed by atoms with Gasteiger partial charge in [0.05, 0.1) is 25.0 Å². The van der Waals surface area contributed by atoms with E-state index in [2.05, 4.69) is 10.2 Å². The Morgan fingerprint density at radius 2 is 1.52 bits per heavy atom. The van der Waals surface area contributed by atoms with Crippen molar-refractivity contribution in [1.82, 2.24) is 10.2 Å². The number of hydrogen-bond acceptors (Lipinski definition) is 5. The molecule has 0 unspecified atom stereocenters. The summed E-state index contributed by atoms with van der Waals surface area (Å²) in [5, 5.41) is 11.8. The van der Waals surface area contributed by atoms with Crippen LogP contribution in [0.25, 0.3) is 32.7 Å². The highest BCUT2D eigenvalue weighted by Crippen LogP contribution is 2.39. The van der Waals surface area contributed by atoms with Crippen LogP contribution >= 0.6 is 0 Å². The monoisotopic (exact) mass is 280 g/mol. The van der Waals surface area contributed by atoms with Crippen molar-refractivity contribution in [3.05, 3.63) is 36.4 Å². The molecule has 0 fully saturated rings. The van der Waals surface area contributed by atoms with E-state index in [1.807, 2.05) is 36.4 Å². The first kappa shape index (κ1) is 12.0. The van der Waals surface area contributed by atoms with Crippen molar-refractivity contribution < 1.29 is 13.9 Å². The van der Waals surface area contributed by atoms with Crippen LogP contribution in [0.3, 0.4) is 0 Å². The lowest BCUT2D eigenvalue weighted by Gasteiger charge is -2.07. The fraction of sp³-hybridized carbons (Fsp3) is 0.125. The van der Waals surface area contributed by atoms with Crippen LogP contribution in [0.2, 0.25) is 0 Å². The highest BCUT2D eigenvalue weighted by Gasteiger charge is 2.17. The molecule has 5 nitrogen and oxygen atoms in total. The molecular formula is C16H12N2O3. The predicted molar refractivity (Wildman–Crippen MR) is 79.9 cm³/mol. The van der Waals surface area contributed by atoms with Crippen molar-refractivity contribution in [2.24, 2.45) is 0 Å². The molecule has 0 bridgehead atoms. The number of rotatable bonds is 2. The molecule has 0 saturated heterocycles. The lowest BCUT2D eigenvalue weighted by atomic mass is 10.1. The summed E-state index contributed by atoms with van der Waals surface area (Å²) in [7, 11) is 3.16. The zero-order valence-electron chi connectivity index (χ0n) is 11.6. The van der Waals surface area contributed by atoms with Crippen molar-refractivity contribution in [2.45, 2.75) is 0 Å². The minimum Gasteiger partial charge on any atom is -0.479 e. The number of methoxy groups -OCH3 is 2. The molecule has 0 N–H and O–H groups in total. The minimum absolute atomic E-state index is 0.461. The van der Waals surface area contributed by atoms with Gasteiger partial charge in [0.1, 0.15) is 11.2 Å². The number of benzene rings is 2. The third-order valence-electron chi connectivity index (χ3n) is 3.61. The lowest BCUT2D eigenvalue weighted by Crippen LogP contribution is -1.96. The summed E-state index contributed by atoms with van der Waals surface area (Å²) in [5.41, 5.74) is 1.62. The van der Waals surface area contributed by atoms with Crippen molar-refractivity contribution in [3.8, 4) is 11.8 Å². The molecule has 4 rings (SSSR count). The fourth-order valence-corrected chi connectivity index (χ4v) is 2.71. The van der Waals surface area contributed by atoms with E-state index in [-0.39, 0.29) is 0 Å². The molecule has 21 heavy (non-hydrogen) atoms. The zero-order chi connectivity index (χ0) is 14.4. The van der Waals surface area contributed by atoms with Gasteiger partial charge in [-0.25, -0.2) is 0 Å². The molecule has 2 aromatic carbocycles. The molecule has 0 amide bonds. The van der Waals surface area contributed by atoms with Gasteiger partial charge in [0.2, 0.25) is 11.8 Å². The third-order valence-corrected chi connectivity index (χ3v) is 3.61. The highest BCUT2D eigenvalue weighted by atomic mass is 16.5. The molecular weight excluding hydrogens is 268 g/mol. The average molecular weight is 280 g/mol. The summed E-state index contributed by atoms with van der Waals surface area (Å²) in [6, 6.07) is 11.7. The second kappa shape index (κ2) is 4.34. The maximum Gasteiger partial charge on any atom is 0.242 e. The fourth-order valence-electron chi connectivity index (χ4n) is 2.71. The van der Waals surface area contributed by atoms with Crippen LogP contribution in [0.4, 0.5) is 0 Å². The molecule has 2 heterocycles. The quantitative estimate of drug-likeness (QED) is 0.562. The van der Waals surface area contributed by atoms with E-state index < -0.39 is 0 Å². The summed E-state index contributed by atoms with van der Waals surface area (Å²) in [5.74, 6) is 0.931. The second-order valence-electron chi connectivity index (χ2n) is 4.68. The van der Waals surface area contributed by atoms with E-state index in [0.29, 0.717) is 11.8 Å². The van der Waals surface area contributed by atoms with Gasteiger partial charge < -0.3 is 13.9 Å². The molecule has 0 aliphatic rings. The van der Waals surface area contributed by atoms with Crippen LogP contribution < -0.4 is 9.47 Å². The molecule has 0 spiro atoms. The Balaban J connectivity index is 2.31. The van der Waals surface area contributed by atoms with Gasteiger partial charge in [0.15, 0.2) is 0 Å². The molecule has 2 aromatic heterocycles. The molecule has 0 atom stereocenters. The Hall–Kier alpha value is -2.82. The topological polar surface area (TPSA) is 57.4 Å². The van der Waals surface area contributed by atoms with Gasteiger partial charge in [0.25, 0.3) is 0 Å². The summed E-state index contributed by atoms with van der Waals surface area (Å²) < 4.78 is 16.6. The minimum atomic E-state index is 0.461. The van der Waals surface area contributed by atoms with E-state index in [1.165, 1.54) is 0 Å². The van der Waals surface area contributed by atoms with Crippen LogP contribution in [-0.2, 0) is 0 Å². The standard InChI is InChI=1S/C16H12N2O3/c1-19-15-10-7-8-12-13(14(10)16(20-2)18-17-15)9-5-3-4-6-11(9)21-12/h3-8H,1-2H3. The Morgan fingerprint density at radius 1 is 0.762 bits per heavy atom. The predicted octanol–water partition coefficient (Wildman–Crippen LogP) is 3.55. The normalized spacial score (nSPS) is 11.3.